The van der Waals surface area contributed by atoms with E-state index in [4.69, 9.17) is 5.14 Å². The fraction of sp³-hybridized carbons (Fsp3) is 0.455. The van der Waals surface area contributed by atoms with Crippen molar-refractivity contribution in [3.05, 3.63) is 29.3 Å². The molecule has 0 saturated heterocycles. The number of nitrogens with zero attached hydrogens (tertiary/aromatic N) is 1. The number of benzene rings is 1. The van der Waals surface area contributed by atoms with Crippen LogP contribution in [0.5, 0.6) is 0 Å². The van der Waals surface area contributed by atoms with Gasteiger partial charge in [0.25, 0.3) is 0 Å². The molecule has 2 rings (SSSR count). The van der Waals surface area contributed by atoms with Crippen molar-refractivity contribution in [1.29, 1.82) is 0 Å². The zero-order chi connectivity index (χ0) is 11.8. The lowest BCUT2D eigenvalue weighted by Crippen LogP contribution is -2.30. The van der Waals surface area contributed by atoms with Gasteiger partial charge in [-0.15, -0.1) is 0 Å². The Kier molecular flexibility index (Phi) is 3.01. The van der Waals surface area contributed by atoms with Gasteiger partial charge in [-0.1, -0.05) is 13.0 Å². The normalized spacial score (nSPS) is 17.1. The first-order valence-corrected chi connectivity index (χ1v) is 6.92. The molecule has 1 aromatic rings. The van der Waals surface area contributed by atoms with E-state index in [1.54, 1.807) is 12.1 Å². The van der Waals surface area contributed by atoms with Crippen LogP contribution < -0.4 is 5.14 Å². The van der Waals surface area contributed by atoms with Crippen molar-refractivity contribution in [3.8, 4) is 0 Å². The zero-order valence-corrected chi connectivity index (χ0v) is 10.1. The second-order valence-corrected chi connectivity index (χ2v) is 5.66. The number of rotatable bonds is 2. The minimum atomic E-state index is -3.58. The maximum atomic E-state index is 11.2. The van der Waals surface area contributed by atoms with Crippen molar-refractivity contribution in [2.45, 2.75) is 24.8 Å². The highest BCUT2D eigenvalue weighted by atomic mass is 32.2. The van der Waals surface area contributed by atoms with Crippen molar-refractivity contribution < 1.29 is 8.42 Å². The van der Waals surface area contributed by atoms with Crippen molar-refractivity contribution >= 4 is 10.0 Å². The largest absolute Gasteiger partial charge is 0.299 e. The van der Waals surface area contributed by atoms with Crippen LogP contribution >= 0.6 is 0 Å². The number of likely N-dealkylation sites (N-methyl/N-ethyl adjacent to an activating group) is 1. The summed E-state index contributed by atoms with van der Waals surface area (Å²) in [6.07, 6.45) is 0.980. The molecule has 1 aliphatic heterocycles. The molecule has 0 aliphatic carbocycles. The highest BCUT2D eigenvalue weighted by Gasteiger charge is 2.17. The van der Waals surface area contributed by atoms with Gasteiger partial charge in [-0.05, 0) is 36.2 Å². The molecule has 1 heterocycles. The molecule has 1 aromatic carbocycles. The van der Waals surface area contributed by atoms with Gasteiger partial charge in [0, 0.05) is 13.1 Å². The molecule has 0 atom stereocenters. The van der Waals surface area contributed by atoms with Crippen LogP contribution in [0.15, 0.2) is 23.1 Å². The van der Waals surface area contributed by atoms with E-state index >= 15 is 0 Å². The Balaban J connectivity index is 2.38. The van der Waals surface area contributed by atoms with Crippen LogP contribution in [0.2, 0.25) is 0 Å². The molecule has 0 radical (unpaired) electrons. The summed E-state index contributed by atoms with van der Waals surface area (Å²) in [6.45, 7) is 4.95. The van der Waals surface area contributed by atoms with Crippen molar-refractivity contribution in [3.63, 3.8) is 0 Å². The summed E-state index contributed by atoms with van der Waals surface area (Å²) in [6, 6.07) is 5.17. The third-order valence-corrected chi connectivity index (χ3v) is 3.96. The van der Waals surface area contributed by atoms with Crippen LogP contribution in [0.1, 0.15) is 18.1 Å². The third kappa shape index (κ3) is 2.26. The molecule has 1 aliphatic rings. The molecule has 4 nitrogen and oxygen atoms in total. The number of nitrogens with two attached hydrogens (primary N) is 1. The predicted octanol–water partition coefficient (Wildman–Crippen LogP) is 0.712. The summed E-state index contributed by atoms with van der Waals surface area (Å²) < 4.78 is 22.5. The highest BCUT2D eigenvalue weighted by Crippen LogP contribution is 2.21. The molecule has 0 bridgehead atoms. The van der Waals surface area contributed by atoms with Gasteiger partial charge >= 0.3 is 0 Å². The van der Waals surface area contributed by atoms with E-state index in [2.05, 4.69) is 11.8 Å². The number of hydrogen-bond acceptors (Lipinski definition) is 3. The molecule has 0 saturated carbocycles. The van der Waals surface area contributed by atoms with E-state index in [0.717, 1.165) is 31.6 Å². The van der Waals surface area contributed by atoms with Crippen LogP contribution in [0.25, 0.3) is 0 Å². The summed E-state index contributed by atoms with van der Waals surface area (Å²) in [7, 11) is -3.58. The van der Waals surface area contributed by atoms with Crippen LogP contribution in [0, 0.1) is 0 Å². The molecule has 0 unspecified atom stereocenters. The van der Waals surface area contributed by atoms with E-state index in [-0.39, 0.29) is 4.90 Å². The molecular weight excluding hydrogens is 224 g/mol. The summed E-state index contributed by atoms with van der Waals surface area (Å²) in [5, 5.41) is 5.12. The Bertz CT molecular complexity index is 497. The Labute approximate surface area is 96.1 Å². The predicted molar refractivity (Wildman–Crippen MR) is 62.5 cm³/mol. The number of primary sulfonamides is 1. The average Bonchev–Trinajstić information content (AvgIpc) is 2.26. The van der Waals surface area contributed by atoms with E-state index in [1.165, 1.54) is 5.56 Å². The molecule has 2 N–H and O–H groups in total. The maximum absolute atomic E-state index is 11.2. The molecule has 16 heavy (non-hydrogen) atoms. The zero-order valence-electron chi connectivity index (χ0n) is 9.31. The van der Waals surface area contributed by atoms with Crippen molar-refractivity contribution in [2.75, 3.05) is 13.1 Å². The van der Waals surface area contributed by atoms with Gasteiger partial charge in [0.15, 0.2) is 0 Å². The number of hydrogen-bond donors (Lipinski definition) is 1. The van der Waals surface area contributed by atoms with Crippen molar-refractivity contribution in [1.82, 2.24) is 4.90 Å². The number of fused-ring (bicyclic) bond motifs is 1. The molecule has 88 valence electrons. The molecule has 5 heteroatoms. The molecular formula is C11H16N2O2S. The first kappa shape index (κ1) is 11.6. The van der Waals surface area contributed by atoms with Gasteiger partial charge in [-0.25, -0.2) is 13.6 Å². The Morgan fingerprint density at radius 3 is 2.75 bits per heavy atom. The summed E-state index contributed by atoms with van der Waals surface area (Å²) >= 11 is 0. The lowest BCUT2D eigenvalue weighted by molar-refractivity contribution is 0.268. The summed E-state index contributed by atoms with van der Waals surface area (Å²) in [5.74, 6) is 0. The van der Waals surface area contributed by atoms with Crippen LogP contribution in [0.3, 0.4) is 0 Å². The van der Waals surface area contributed by atoms with Gasteiger partial charge in [0.05, 0.1) is 4.90 Å². The molecule has 0 aromatic heterocycles. The molecule has 0 spiro atoms. The minimum Gasteiger partial charge on any atom is -0.299 e. The van der Waals surface area contributed by atoms with Gasteiger partial charge < -0.3 is 0 Å². The topological polar surface area (TPSA) is 63.4 Å². The quantitative estimate of drug-likeness (QED) is 0.828. The smallest absolute Gasteiger partial charge is 0.238 e. The van der Waals surface area contributed by atoms with E-state index < -0.39 is 10.0 Å². The van der Waals surface area contributed by atoms with Gasteiger partial charge in [-0.3, -0.25) is 4.90 Å². The van der Waals surface area contributed by atoms with Gasteiger partial charge in [0.1, 0.15) is 0 Å². The third-order valence-electron chi connectivity index (χ3n) is 3.04. The fourth-order valence-electron chi connectivity index (χ4n) is 2.04. The van der Waals surface area contributed by atoms with Crippen LogP contribution in [-0.2, 0) is 23.0 Å². The van der Waals surface area contributed by atoms with Crippen LogP contribution in [-0.4, -0.2) is 26.4 Å². The second-order valence-electron chi connectivity index (χ2n) is 4.09. The first-order valence-electron chi connectivity index (χ1n) is 5.37. The Morgan fingerprint density at radius 2 is 2.12 bits per heavy atom. The van der Waals surface area contributed by atoms with Gasteiger partial charge in [-0.2, -0.15) is 0 Å². The van der Waals surface area contributed by atoms with E-state index in [1.807, 2.05) is 6.07 Å². The van der Waals surface area contributed by atoms with Crippen LogP contribution in [0.4, 0.5) is 0 Å². The number of sulfonamides is 1. The Morgan fingerprint density at radius 1 is 1.38 bits per heavy atom. The SMILES string of the molecule is CCN1CCc2ccc(S(N)(=O)=O)cc2C1. The minimum absolute atomic E-state index is 0.212. The van der Waals surface area contributed by atoms with Gasteiger partial charge in [0.2, 0.25) is 10.0 Å². The van der Waals surface area contributed by atoms with Crippen molar-refractivity contribution in [2.24, 2.45) is 5.14 Å². The standard InChI is InChI=1S/C11H16N2O2S/c1-2-13-6-5-9-3-4-11(16(12,14)15)7-10(9)8-13/h3-4,7H,2,5-6,8H2,1H3,(H2,12,14,15). The Hall–Kier alpha value is -0.910. The second kappa shape index (κ2) is 4.16. The van der Waals surface area contributed by atoms with E-state index in [0.29, 0.717) is 0 Å². The monoisotopic (exact) mass is 240 g/mol. The molecule has 0 amide bonds. The lowest BCUT2D eigenvalue weighted by Gasteiger charge is -2.27. The van der Waals surface area contributed by atoms with E-state index in [9.17, 15) is 8.42 Å². The lowest BCUT2D eigenvalue weighted by atomic mass is 10.00. The first-order chi connectivity index (χ1) is 7.50. The maximum Gasteiger partial charge on any atom is 0.238 e. The summed E-state index contributed by atoms with van der Waals surface area (Å²) in [5.41, 5.74) is 2.32. The fourth-order valence-corrected chi connectivity index (χ4v) is 2.60. The average molecular weight is 240 g/mol. The summed E-state index contributed by atoms with van der Waals surface area (Å²) in [4.78, 5) is 2.50. The molecule has 0 fully saturated rings. The highest BCUT2D eigenvalue weighted by molar-refractivity contribution is 7.89.